The van der Waals surface area contributed by atoms with Crippen molar-refractivity contribution in [3.05, 3.63) is 14.7 Å². The van der Waals surface area contributed by atoms with E-state index >= 15 is 0 Å². The van der Waals surface area contributed by atoms with Gasteiger partial charge in [0.2, 0.25) is 0 Å². The molecule has 0 fully saturated rings. The predicted octanol–water partition coefficient (Wildman–Crippen LogP) is -0.875. The summed E-state index contributed by atoms with van der Waals surface area (Å²) >= 11 is 0. The molecule has 9 nitrogen and oxygen atoms in total. The molecule has 92 valence electrons. The summed E-state index contributed by atoms with van der Waals surface area (Å²) in [6, 6.07) is -4.32. The van der Waals surface area contributed by atoms with Crippen LogP contribution >= 0.6 is 0 Å². The highest BCUT2D eigenvalue weighted by Crippen LogP contribution is 2.15. The monoisotopic (exact) mass is 235 g/mol. The average molecular weight is 235 g/mol. The molecule has 0 aliphatic heterocycles. The van der Waals surface area contributed by atoms with Crippen molar-refractivity contribution >= 4 is 0 Å². The minimum atomic E-state index is -1.76. The highest BCUT2D eigenvalue weighted by atomic mass is 16.3. The average Bonchev–Trinajstić information content (AvgIpc) is 2.30. The summed E-state index contributed by atoms with van der Waals surface area (Å²) < 4.78 is 0. The first kappa shape index (κ1) is 14.7. The highest BCUT2D eigenvalue weighted by molar-refractivity contribution is 4.93. The second kappa shape index (κ2) is 7.04. The molecule has 0 spiro atoms. The first-order chi connectivity index (χ1) is 7.53. The van der Waals surface area contributed by atoms with Crippen LogP contribution in [0.4, 0.5) is 0 Å². The summed E-state index contributed by atoms with van der Waals surface area (Å²) in [4.78, 5) is 30.7. The summed E-state index contributed by atoms with van der Waals surface area (Å²) in [6.45, 7) is 0.414. The van der Waals surface area contributed by atoms with E-state index in [0.717, 1.165) is 0 Å². The van der Waals surface area contributed by atoms with Crippen molar-refractivity contribution in [2.75, 3.05) is 6.61 Å². The van der Waals surface area contributed by atoms with Crippen LogP contribution in [0.15, 0.2) is 15.5 Å². The minimum absolute atomic E-state index is 0.799. The van der Waals surface area contributed by atoms with Crippen molar-refractivity contribution in [2.24, 2.45) is 15.5 Å². The molecule has 0 aromatic carbocycles. The van der Waals surface area contributed by atoms with Crippen molar-refractivity contribution < 1.29 is 15.3 Å². The molecule has 0 aromatic heterocycles. The van der Waals surface area contributed by atoms with Crippen molar-refractivity contribution in [3.8, 4) is 0 Å². The third-order valence-electron chi connectivity index (χ3n) is 2.20. The van der Waals surface area contributed by atoms with Crippen LogP contribution in [-0.2, 0) is 0 Å². The van der Waals surface area contributed by atoms with Gasteiger partial charge in [-0.25, -0.2) is 0 Å². The third kappa shape index (κ3) is 3.36. The summed E-state index contributed by atoms with van der Waals surface area (Å²) in [6.07, 6.45) is -3.40. The van der Waals surface area contributed by atoms with Crippen LogP contribution in [-0.4, -0.2) is 52.3 Å². The number of aliphatic hydroxyl groups excluding tert-OH is 3. The molecule has 0 rings (SSSR count). The lowest BCUT2D eigenvalue weighted by atomic mass is 9.96. The Morgan fingerprint density at radius 3 is 1.88 bits per heavy atom. The maximum absolute atomic E-state index is 10.4. The zero-order valence-electron chi connectivity index (χ0n) is 8.50. The topological polar surface area (TPSA) is 149 Å². The quantitative estimate of drug-likeness (QED) is 0.465. The van der Waals surface area contributed by atoms with Gasteiger partial charge in [0.05, 0.1) is 6.61 Å². The van der Waals surface area contributed by atoms with Gasteiger partial charge in [0.15, 0.2) is 0 Å². The summed E-state index contributed by atoms with van der Waals surface area (Å²) in [5.41, 5.74) is 0. The predicted molar refractivity (Wildman–Crippen MR) is 53.5 cm³/mol. The number of aliphatic hydroxyl groups is 3. The molecule has 0 saturated heterocycles. The van der Waals surface area contributed by atoms with Crippen LogP contribution in [0.2, 0.25) is 0 Å². The molecular weight excluding hydrogens is 222 g/mol. The van der Waals surface area contributed by atoms with E-state index in [1.165, 1.54) is 6.92 Å². The lowest BCUT2D eigenvalue weighted by molar-refractivity contribution is 0.0217. The van der Waals surface area contributed by atoms with Gasteiger partial charge in [-0.15, -0.1) is 0 Å². The van der Waals surface area contributed by atoms with E-state index in [-0.39, 0.29) is 0 Å². The van der Waals surface area contributed by atoms with Crippen LogP contribution < -0.4 is 0 Å². The van der Waals surface area contributed by atoms with E-state index in [1.807, 2.05) is 0 Å². The number of hydrogen-bond donors (Lipinski definition) is 3. The standard InChI is InChI=1S/C7H13N3O6/c1-3(8-14)6(12)5(10-16)7(13)4(2-11)9-15/h3-7,11-13H,2H2,1H3. The summed E-state index contributed by atoms with van der Waals surface area (Å²) in [5.74, 6) is 0. The van der Waals surface area contributed by atoms with Gasteiger partial charge >= 0.3 is 0 Å². The Balaban J connectivity index is 4.76. The van der Waals surface area contributed by atoms with Gasteiger partial charge in [-0.3, -0.25) is 0 Å². The maximum Gasteiger partial charge on any atom is 0.148 e. The van der Waals surface area contributed by atoms with Gasteiger partial charge in [0.25, 0.3) is 0 Å². The van der Waals surface area contributed by atoms with Crippen molar-refractivity contribution in [1.29, 1.82) is 0 Å². The number of rotatable bonds is 8. The molecule has 16 heavy (non-hydrogen) atoms. The van der Waals surface area contributed by atoms with Crippen molar-refractivity contribution in [2.45, 2.75) is 37.3 Å². The number of nitrogens with zero attached hydrogens (tertiary/aromatic N) is 3. The molecule has 0 saturated carbocycles. The Labute approximate surface area is 90.4 Å². The third-order valence-corrected chi connectivity index (χ3v) is 2.20. The molecule has 9 heteroatoms. The molecule has 0 radical (unpaired) electrons. The molecule has 0 amide bonds. The second-order valence-electron chi connectivity index (χ2n) is 3.28. The van der Waals surface area contributed by atoms with E-state index in [0.29, 0.717) is 0 Å². The fourth-order valence-corrected chi connectivity index (χ4v) is 1.11. The van der Waals surface area contributed by atoms with Crippen LogP contribution in [0.5, 0.6) is 0 Å². The number of nitroso groups, excluding NO2 is 3. The normalized spacial score (nSPS) is 20.2. The largest absolute Gasteiger partial charge is 0.394 e. The van der Waals surface area contributed by atoms with Crippen LogP contribution in [0.1, 0.15) is 6.92 Å². The van der Waals surface area contributed by atoms with Gasteiger partial charge in [-0.05, 0) is 6.92 Å². The number of hydrogen-bond acceptors (Lipinski definition) is 9. The first-order valence-electron chi connectivity index (χ1n) is 4.47. The fourth-order valence-electron chi connectivity index (χ4n) is 1.11. The lowest BCUT2D eigenvalue weighted by Crippen LogP contribution is -2.47. The highest BCUT2D eigenvalue weighted by Gasteiger charge is 2.37. The van der Waals surface area contributed by atoms with E-state index in [4.69, 9.17) is 5.11 Å². The molecule has 5 unspecified atom stereocenters. The zero-order chi connectivity index (χ0) is 12.7. The smallest absolute Gasteiger partial charge is 0.148 e. The van der Waals surface area contributed by atoms with E-state index in [1.54, 1.807) is 0 Å². The summed E-state index contributed by atoms with van der Waals surface area (Å²) in [5, 5.41) is 34.8. The zero-order valence-corrected chi connectivity index (χ0v) is 8.50. The van der Waals surface area contributed by atoms with Crippen LogP contribution in [0.25, 0.3) is 0 Å². The van der Waals surface area contributed by atoms with Crippen LogP contribution in [0.3, 0.4) is 0 Å². The Hall–Kier alpha value is -1.32. The fraction of sp³-hybridized carbons (Fsp3) is 1.00. The first-order valence-corrected chi connectivity index (χ1v) is 4.47. The molecule has 5 atom stereocenters. The van der Waals surface area contributed by atoms with Gasteiger partial charge in [-0.1, -0.05) is 15.5 Å². The Morgan fingerprint density at radius 1 is 1.00 bits per heavy atom. The van der Waals surface area contributed by atoms with E-state index in [2.05, 4.69) is 15.5 Å². The lowest BCUT2D eigenvalue weighted by Gasteiger charge is -2.24. The molecular formula is C7H13N3O6. The molecule has 3 N–H and O–H groups in total. The second-order valence-corrected chi connectivity index (χ2v) is 3.28. The molecule has 0 aliphatic carbocycles. The molecule has 0 heterocycles. The molecule has 0 aromatic rings. The van der Waals surface area contributed by atoms with Crippen LogP contribution in [0, 0.1) is 14.7 Å². The van der Waals surface area contributed by atoms with Crippen molar-refractivity contribution in [1.82, 2.24) is 0 Å². The van der Waals surface area contributed by atoms with E-state index in [9.17, 15) is 24.9 Å². The van der Waals surface area contributed by atoms with E-state index < -0.39 is 36.9 Å². The van der Waals surface area contributed by atoms with Gasteiger partial charge < -0.3 is 15.3 Å². The molecule has 0 bridgehead atoms. The molecule has 0 aliphatic rings. The van der Waals surface area contributed by atoms with Gasteiger partial charge in [-0.2, -0.15) is 14.7 Å². The summed E-state index contributed by atoms with van der Waals surface area (Å²) in [7, 11) is 0. The maximum atomic E-state index is 10.4. The van der Waals surface area contributed by atoms with Crippen molar-refractivity contribution in [3.63, 3.8) is 0 Å². The Kier molecular flexibility index (Phi) is 6.46. The Bertz CT molecular complexity index is 250. The van der Waals surface area contributed by atoms with Gasteiger partial charge in [0.1, 0.15) is 30.3 Å². The minimum Gasteiger partial charge on any atom is -0.394 e. The Morgan fingerprint density at radius 2 is 1.56 bits per heavy atom. The van der Waals surface area contributed by atoms with Gasteiger partial charge in [0, 0.05) is 0 Å². The SMILES string of the molecule is CC(N=O)C(O)C(N=O)C(O)C(CO)N=O.